The molecule has 10 heteroatoms. The number of anilines is 3. The number of urea groups is 1. The first-order valence-corrected chi connectivity index (χ1v) is 8.65. The number of amides is 4. The summed E-state index contributed by atoms with van der Waals surface area (Å²) in [5.74, 6) is -0.552. The van der Waals surface area contributed by atoms with E-state index in [1.54, 1.807) is 55.5 Å². The summed E-state index contributed by atoms with van der Waals surface area (Å²) in [7, 11) is 0. The van der Waals surface area contributed by atoms with Crippen LogP contribution in [0.4, 0.5) is 21.9 Å². The molecule has 2 aromatic carbocycles. The zero-order chi connectivity index (χ0) is 20.8. The van der Waals surface area contributed by atoms with Crippen molar-refractivity contribution in [2.45, 2.75) is 13.0 Å². The molecule has 0 bridgehead atoms. The zero-order valence-electron chi connectivity index (χ0n) is 15.5. The van der Waals surface area contributed by atoms with Gasteiger partial charge in [0.1, 0.15) is 18.7 Å². The third-order valence-corrected chi connectivity index (χ3v) is 4.04. The van der Waals surface area contributed by atoms with Gasteiger partial charge in [0.15, 0.2) is 0 Å². The van der Waals surface area contributed by atoms with E-state index in [2.05, 4.69) is 26.0 Å². The molecule has 148 valence electrons. The summed E-state index contributed by atoms with van der Waals surface area (Å²) < 4.78 is 1.45. The maximum atomic E-state index is 12.3. The second kappa shape index (κ2) is 8.65. The van der Waals surface area contributed by atoms with Gasteiger partial charge in [-0.15, -0.1) is 0 Å². The summed E-state index contributed by atoms with van der Waals surface area (Å²) in [6.45, 7) is 1.71. The smallest absolute Gasteiger partial charge is 0.316 e. The molecule has 0 saturated heterocycles. The first kappa shape index (κ1) is 19.5. The summed E-state index contributed by atoms with van der Waals surface area (Å²) in [5.41, 5.74) is 7.11. The molecule has 3 aromatic rings. The minimum absolute atomic E-state index is 0.239. The Kier molecular flexibility index (Phi) is 5.83. The average molecular weight is 393 g/mol. The predicted octanol–water partition coefficient (Wildman–Crippen LogP) is 2.22. The molecule has 5 N–H and O–H groups in total. The molecule has 3 rings (SSSR count). The average Bonchev–Trinajstić information content (AvgIpc) is 3.23. The van der Waals surface area contributed by atoms with Crippen LogP contribution >= 0.6 is 0 Å². The minimum Gasteiger partial charge on any atom is -0.351 e. The molecular weight excluding hydrogens is 374 g/mol. The van der Waals surface area contributed by atoms with Crippen LogP contribution in [0, 0.1) is 0 Å². The van der Waals surface area contributed by atoms with Crippen LogP contribution in [0.1, 0.15) is 23.3 Å². The molecule has 10 nitrogen and oxygen atoms in total. The van der Waals surface area contributed by atoms with Crippen LogP contribution in [0.5, 0.6) is 0 Å². The van der Waals surface area contributed by atoms with Crippen molar-refractivity contribution >= 4 is 34.9 Å². The lowest BCUT2D eigenvalue weighted by Crippen LogP contribution is -2.24. The van der Waals surface area contributed by atoms with E-state index in [1.165, 1.54) is 17.3 Å². The van der Waals surface area contributed by atoms with Crippen LogP contribution in [0.3, 0.4) is 0 Å². The van der Waals surface area contributed by atoms with Gasteiger partial charge in [0.05, 0.1) is 0 Å². The third-order valence-electron chi connectivity index (χ3n) is 4.04. The predicted molar refractivity (Wildman–Crippen MR) is 107 cm³/mol. The molecule has 0 aliphatic heterocycles. The van der Waals surface area contributed by atoms with E-state index in [9.17, 15) is 14.4 Å². The Bertz CT molecular complexity index is 999. The Hall–Kier alpha value is -4.21. The van der Waals surface area contributed by atoms with Gasteiger partial charge >= 0.3 is 6.03 Å². The first-order chi connectivity index (χ1) is 13.9. The van der Waals surface area contributed by atoms with Gasteiger partial charge in [-0.3, -0.25) is 9.59 Å². The molecule has 0 fully saturated rings. The zero-order valence-corrected chi connectivity index (χ0v) is 15.5. The van der Waals surface area contributed by atoms with Crippen molar-refractivity contribution in [1.29, 1.82) is 0 Å². The molecule has 0 radical (unpaired) electrons. The van der Waals surface area contributed by atoms with Gasteiger partial charge in [0, 0.05) is 22.6 Å². The number of aromatic nitrogens is 3. The van der Waals surface area contributed by atoms with Crippen molar-refractivity contribution in [3.05, 3.63) is 66.7 Å². The number of nitrogens with zero attached hydrogens (tertiary/aromatic N) is 3. The molecule has 0 spiro atoms. The van der Waals surface area contributed by atoms with E-state index in [0.29, 0.717) is 22.6 Å². The molecule has 1 heterocycles. The number of hydrogen-bond acceptors (Lipinski definition) is 5. The highest BCUT2D eigenvalue weighted by atomic mass is 16.2. The van der Waals surface area contributed by atoms with E-state index >= 15 is 0 Å². The first-order valence-electron chi connectivity index (χ1n) is 8.65. The lowest BCUT2D eigenvalue weighted by molar-refractivity contribution is -0.119. The van der Waals surface area contributed by atoms with Crippen LogP contribution in [0.25, 0.3) is 0 Å². The molecule has 0 aliphatic rings. The van der Waals surface area contributed by atoms with E-state index in [-0.39, 0.29) is 11.8 Å². The molecule has 1 atom stereocenters. The summed E-state index contributed by atoms with van der Waals surface area (Å²) in [6.07, 6.45) is 2.84. The number of nitrogens with two attached hydrogens (primary N) is 1. The summed E-state index contributed by atoms with van der Waals surface area (Å²) in [5, 5.41) is 11.9. The van der Waals surface area contributed by atoms with E-state index in [1.807, 2.05) is 0 Å². The van der Waals surface area contributed by atoms with Crippen molar-refractivity contribution in [2.75, 3.05) is 16.0 Å². The quantitative estimate of drug-likeness (QED) is 0.507. The molecule has 4 amide bonds. The van der Waals surface area contributed by atoms with Crippen LogP contribution in [-0.4, -0.2) is 32.6 Å². The Morgan fingerprint density at radius 1 is 0.897 bits per heavy atom. The van der Waals surface area contributed by atoms with Gasteiger partial charge in [0.2, 0.25) is 5.91 Å². The highest BCUT2D eigenvalue weighted by Crippen LogP contribution is 2.17. The maximum absolute atomic E-state index is 12.3. The number of benzene rings is 2. The highest BCUT2D eigenvalue weighted by molar-refractivity contribution is 6.04. The van der Waals surface area contributed by atoms with Crippen molar-refractivity contribution in [2.24, 2.45) is 5.73 Å². The number of nitrogens with one attached hydrogen (secondary N) is 3. The van der Waals surface area contributed by atoms with Crippen molar-refractivity contribution in [3.8, 4) is 0 Å². The lowest BCUT2D eigenvalue weighted by atomic mass is 10.2. The molecular formula is C19H19N7O3. The van der Waals surface area contributed by atoms with Crippen molar-refractivity contribution in [3.63, 3.8) is 0 Å². The Morgan fingerprint density at radius 3 is 2.00 bits per heavy atom. The number of primary amides is 1. The van der Waals surface area contributed by atoms with Crippen LogP contribution in [0.2, 0.25) is 0 Å². The van der Waals surface area contributed by atoms with Crippen molar-refractivity contribution in [1.82, 2.24) is 14.8 Å². The third kappa shape index (κ3) is 5.16. The fourth-order valence-electron chi connectivity index (χ4n) is 2.47. The molecule has 29 heavy (non-hydrogen) atoms. The SMILES string of the molecule is CC(C(=O)Nc1ccc(NC(=O)c2ccc(NC(N)=O)cc2)cc1)n1cncn1. The van der Waals surface area contributed by atoms with Gasteiger partial charge < -0.3 is 21.7 Å². The largest absolute Gasteiger partial charge is 0.351 e. The van der Waals surface area contributed by atoms with Gasteiger partial charge in [-0.2, -0.15) is 5.10 Å². The Morgan fingerprint density at radius 2 is 1.45 bits per heavy atom. The second-order valence-corrected chi connectivity index (χ2v) is 6.14. The highest BCUT2D eigenvalue weighted by Gasteiger charge is 2.15. The molecule has 0 aliphatic carbocycles. The number of carbonyl (C=O) groups excluding carboxylic acids is 3. The fraction of sp³-hybridized carbons (Fsp3) is 0.105. The van der Waals surface area contributed by atoms with E-state index < -0.39 is 12.1 Å². The lowest BCUT2D eigenvalue weighted by Gasteiger charge is -2.12. The topological polar surface area (TPSA) is 144 Å². The number of hydrogen-bond donors (Lipinski definition) is 4. The second-order valence-electron chi connectivity index (χ2n) is 6.14. The van der Waals surface area contributed by atoms with E-state index in [4.69, 9.17) is 5.73 Å². The summed E-state index contributed by atoms with van der Waals surface area (Å²) in [6, 6.07) is 11.8. The maximum Gasteiger partial charge on any atom is 0.316 e. The number of rotatable bonds is 6. The summed E-state index contributed by atoms with van der Waals surface area (Å²) >= 11 is 0. The van der Waals surface area contributed by atoms with Gasteiger partial charge in [-0.25, -0.2) is 14.5 Å². The molecule has 1 aromatic heterocycles. The van der Waals surface area contributed by atoms with E-state index in [0.717, 1.165) is 0 Å². The normalized spacial score (nSPS) is 11.3. The van der Waals surface area contributed by atoms with Crippen LogP contribution in [-0.2, 0) is 4.79 Å². The molecule has 0 saturated carbocycles. The van der Waals surface area contributed by atoms with Crippen LogP contribution in [0.15, 0.2) is 61.2 Å². The monoisotopic (exact) mass is 393 g/mol. The molecule has 1 unspecified atom stereocenters. The minimum atomic E-state index is -0.676. The standard InChI is InChI=1S/C19H19N7O3/c1-12(26-11-21-10-22-26)17(27)23-14-6-8-15(9-7-14)24-18(28)13-2-4-16(5-3-13)25-19(20)29/h2-12H,1H3,(H,23,27)(H,24,28)(H3,20,25,29). The van der Waals surface area contributed by atoms with Gasteiger partial charge in [0.25, 0.3) is 5.91 Å². The Balaban J connectivity index is 1.58. The van der Waals surface area contributed by atoms with Gasteiger partial charge in [-0.05, 0) is 55.5 Å². The van der Waals surface area contributed by atoms with Crippen LogP contribution < -0.4 is 21.7 Å². The Labute approximate surface area is 166 Å². The fourth-order valence-corrected chi connectivity index (χ4v) is 2.47. The number of carbonyl (C=O) groups is 3. The van der Waals surface area contributed by atoms with Crippen molar-refractivity contribution < 1.29 is 14.4 Å². The van der Waals surface area contributed by atoms with Gasteiger partial charge in [-0.1, -0.05) is 0 Å². The summed E-state index contributed by atoms with van der Waals surface area (Å²) in [4.78, 5) is 39.2.